The van der Waals surface area contributed by atoms with Crippen molar-refractivity contribution in [3.8, 4) is 0 Å². The summed E-state index contributed by atoms with van der Waals surface area (Å²) in [5.41, 5.74) is 17.0. The van der Waals surface area contributed by atoms with Gasteiger partial charge in [0.15, 0.2) is 0 Å². The van der Waals surface area contributed by atoms with Crippen molar-refractivity contribution in [3.63, 3.8) is 0 Å². The fraction of sp³-hybridized carbons (Fsp3) is 0. The second kappa shape index (κ2) is 2.54. The van der Waals surface area contributed by atoms with E-state index in [9.17, 15) is 4.57 Å². The maximum absolute atomic E-state index is 10.2. The Morgan fingerprint density at radius 2 is 2.25 bits per heavy atom. The van der Waals surface area contributed by atoms with Crippen LogP contribution in [0.2, 0.25) is 0 Å². The van der Waals surface area contributed by atoms with Crippen molar-refractivity contribution < 1.29 is 4.57 Å². The van der Waals surface area contributed by atoms with Gasteiger partial charge in [0.2, 0.25) is 0 Å². The lowest BCUT2D eigenvalue weighted by molar-refractivity contribution is 0.568. The Bertz CT molecular complexity index is 148. The van der Waals surface area contributed by atoms with Crippen molar-refractivity contribution in [2.24, 2.45) is 16.2 Å². The van der Waals surface area contributed by atoms with E-state index in [0.29, 0.717) is 0 Å². The molecule has 8 heavy (non-hydrogen) atoms. The van der Waals surface area contributed by atoms with Crippen LogP contribution in [-0.4, -0.2) is 0 Å². The molecular weight excluding hydrogens is 131 g/mol. The summed E-state index contributed by atoms with van der Waals surface area (Å²) >= 11 is 0. The first-order valence-electron chi connectivity index (χ1n) is 1.55. The Morgan fingerprint density at radius 1 is 1.75 bits per heavy atom. The Kier molecular flexibility index (Phi) is 2.30. The van der Waals surface area contributed by atoms with E-state index < -0.39 is 7.59 Å². The zero-order valence-electron chi connectivity index (χ0n) is 3.85. The molecule has 0 radical (unpaired) electrons. The molecule has 0 spiro atoms. The molecule has 0 aromatic heterocycles. The number of hydrogen-bond donors (Lipinski definition) is 3. The van der Waals surface area contributed by atoms with E-state index in [4.69, 9.17) is 5.53 Å². The highest BCUT2D eigenvalue weighted by Gasteiger charge is 2.06. The van der Waals surface area contributed by atoms with Gasteiger partial charge in [0, 0.05) is 0 Å². The third-order valence-electron chi connectivity index (χ3n) is 0.246. The van der Waals surface area contributed by atoms with Crippen LogP contribution in [0.25, 0.3) is 10.4 Å². The molecule has 0 atom stereocenters. The number of nitrogens with zero attached hydrogens (tertiary/aromatic N) is 3. The van der Waals surface area contributed by atoms with Gasteiger partial charge in [-0.1, -0.05) is 0 Å². The summed E-state index contributed by atoms with van der Waals surface area (Å²) in [4.78, 5) is 2.20. The zero-order valence-corrected chi connectivity index (χ0v) is 4.75. The van der Waals surface area contributed by atoms with Crippen LogP contribution >= 0.6 is 7.59 Å². The largest absolute Gasteiger partial charge is 0.382 e. The predicted molar refractivity (Wildman–Crippen MR) is 28.3 cm³/mol. The molecule has 0 unspecified atom stereocenters. The van der Waals surface area contributed by atoms with Crippen molar-refractivity contribution in [2.45, 2.75) is 0 Å². The van der Waals surface area contributed by atoms with Crippen LogP contribution in [0, 0.1) is 0 Å². The lowest BCUT2D eigenvalue weighted by atomic mass is 12.7. The van der Waals surface area contributed by atoms with Gasteiger partial charge in [0.1, 0.15) is 0 Å². The summed E-state index contributed by atoms with van der Waals surface area (Å²) < 4.78 is 10.2. The predicted octanol–water partition coefficient (Wildman–Crippen LogP) is -0.173. The molecule has 0 aliphatic rings. The van der Waals surface area contributed by atoms with Crippen molar-refractivity contribution >= 4 is 7.59 Å². The standard InChI is InChI=1S/H5N6OP/c1-4-5-6-8(2,3)7/h(H5,2,3,6,7). The number of nitrogens with two attached hydrogens (primary N) is 2. The summed E-state index contributed by atoms with van der Waals surface area (Å²) in [6, 6.07) is 0. The fourth-order valence-electron chi connectivity index (χ4n) is 0.0899. The van der Waals surface area contributed by atoms with Gasteiger partial charge < -0.3 is 0 Å². The number of rotatable bonds is 2. The van der Waals surface area contributed by atoms with E-state index in [2.05, 4.69) is 21.1 Å². The van der Waals surface area contributed by atoms with Gasteiger partial charge in [0.25, 0.3) is 0 Å². The van der Waals surface area contributed by atoms with Crippen molar-refractivity contribution in [3.05, 3.63) is 10.4 Å². The van der Waals surface area contributed by atoms with E-state index in [0.717, 1.165) is 0 Å². The van der Waals surface area contributed by atoms with E-state index in [1.54, 1.807) is 5.20 Å². The summed E-state index contributed by atoms with van der Waals surface area (Å²) in [5.74, 6) is 0. The number of hydrogen-bond acceptors (Lipinski definition) is 2. The Hall–Kier alpha value is -0.740. The molecule has 0 rings (SSSR count). The molecule has 0 heterocycles. The van der Waals surface area contributed by atoms with Gasteiger partial charge in [-0.25, -0.2) is 15.6 Å². The monoisotopic (exact) mass is 136 g/mol. The van der Waals surface area contributed by atoms with Crippen LogP contribution in [0.5, 0.6) is 0 Å². The summed E-state index contributed by atoms with van der Waals surface area (Å²) in [6.45, 7) is 0. The third-order valence-corrected chi connectivity index (χ3v) is 0.648. The maximum atomic E-state index is 10.2. The van der Waals surface area contributed by atoms with Crippen LogP contribution in [0.4, 0.5) is 0 Å². The summed E-state index contributed by atoms with van der Waals surface area (Å²) in [5, 5.41) is 4.35. The second-order valence-corrected chi connectivity index (χ2v) is 2.62. The fourth-order valence-corrected chi connectivity index (χ4v) is 0.270. The molecule has 46 valence electrons. The maximum Gasteiger partial charge on any atom is 0.382 e. The minimum atomic E-state index is -3.35. The highest BCUT2D eigenvalue weighted by molar-refractivity contribution is 7.56. The second-order valence-electron chi connectivity index (χ2n) is 0.999. The van der Waals surface area contributed by atoms with Gasteiger partial charge in [-0.05, 0) is 5.22 Å². The van der Waals surface area contributed by atoms with Crippen molar-refractivity contribution in [1.29, 1.82) is 0 Å². The topological polar surface area (TPSA) is 130 Å². The average molecular weight is 136 g/mol. The minimum Gasteiger partial charge on any atom is -0.239 e. The van der Waals surface area contributed by atoms with Crippen LogP contribution in [0.3, 0.4) is 0 Å². The lowest BCUT2D eigenvalue weighted by Crippen LogP contribution is -2.16. The van der Waals surface area contributed by atoms with E-state index in [1.807, 2.05) is 0 Å². The first-order valence-corrected chi connectivity index (χ1v) is 3.39. The van der Waals surface area contributed by atoms with Gasteiger partial charge >= 0.3 is 7.59 Å². The molecule has 0 saturated heterocycles. The molecule has 0 aromatic carbocycles. The molecule has 0 amide bonds. The number of azide groups is 1. The minimum absolute atomic E-state index is 1.69. The van der Waals surface area contributed by atoms with E-state index in [1.165, 1.54) is 0 Å². The van der Waals surface area contributed by atoms with Crippen LogP contribution < -0.4 is 16.2 Å². The molecule has 8 heteroatoms. The molecule has 0 fully saturated rings. The smallest absolute Gasteiger partial charge is 0.239 e. The molecular formula is H5N6OP. The normalized spacial score (nSPS) is 9.75. The SMILES string of the molecule is [N-]=[N+]=NNP(N)(N)=O. The molecule has 0 aliphatic carbocycles. The van der Waals surface area contributed by atoms with Crippen LogP contribution in [-0.2, 0) is 4.57 Å². The first-order chi connectivity index (χ1) is 3.56. The van der Waals surface area contributed by atoms with Gasteiger partial charge in [-0.3, -0.25) is 0 Å². The van der Waals surface area contributed by atoms with Crippen LogP contribution in [0.1, 0.15) is 0 Å². The zero-order chi connectivity index (χ0) is 6.62. The lowest BCUT2D eigenvalue weighted by Gasteiger charge is -1.95. The van der Waals surface area contributed by atoms with E-state index >= 15 is 0 Å². The Balaban J connectivity index is 3.74. The molecule has 0 aromatic rings. The molecule has 0 aliphatic heterocycles. The Labute approximate surface area is 45.2 Å². The van der Waals surface area contributed by atoms with E-state index in [-0.39, 0.29) is 0 Å². The van der Waals surface area contributed by atoms with Crippen molar-refractivity contribution in [2.75, 3.05) is 0 Å². The highest BCUT2D eigenvalue weighted by Crippen LogP contribution is 2.16. The number of nitrogens with one attached hydrogen (secondary N) is 1. The quantitative estimate of drug-likeness (QED) is 0.160. The summed E-state index contributed by atoms with van der Waals surface area (Å²) in [6.07, 6.45) is 0. The van der Waals surface area contributed by atoms with Gasteiger partial charge in [-0.2, -0.15) is 10.1 Å². The van der Waals surface area contributed by atoms with Gasteiger partial charge in [0.05, 0.1) is 0 Å². The summed E-state index contributed by atoms with van der Waals surface area (Å²) in [7, 11) is -3.35. The van der Waals surface area contributed by atoms with Gasteiger partial charge in [-0.15, -0.1) is 5.53 Å². The van der Waals surface area contributed by atoms with Crippen LogP contribution in [0.15, 0.2) is 5.22 Å². The average Bonchev–Trinajstić information content (AvgIpc) is 1.59. The highest BCUT2D eigenvalue weighted by atomic mass is 31.2. The van der Waals surface area contributed by atoms with Crippen molar-refractivity contribution in [1.82, 2.24) is 5.20 Å². The first kappa shape index (κ1) is 7.26. The molecule has 7 nitrogen and oxygen atoms in total. The molecule has 0 bridgehead atoms. The molecule has 5 N–H and O–H groups in total. The third kappa shape index (κ3) is 5.26. The Morgan fingerprint density at radius 3 is 2.38 bits per heavy atom. The molecule has 0 saturated carbocycles.